The molecule has 1 heterocycles. The standard InChI is InChI=1S/C40H71NO8/c1-3-5-7-9-11-13-14-15-16-17-18-19-20-22-24-26-28-30-36(44)41-33(34(43)29-27-25-23-21-12-10-8-6-4-2)32-48-40-39(47)38(46)37(45)35(31-42)49-40/h4,6,12,15-16,21,27,29,33-35,37-40,42-43,45-47H,3,5,7-11,13-14,17-20,22-26,28,30-32H2,1-2H3,(H,41,44)/b6-4+,16-15-,21-12+,29-27+. The average molecular weight is 694 g/mol. The molecular formula is C40H71NO8. The first-order chi connectivity index (χ1) is 23.8. The first-order valence-electron chi connectivity index (χ1n) is 19.3. The number of aliphatic hydroxyl groups excluding tert-OH is 5. The van der Waals surface area contributed by atoms with E-state index in [1.165, 1.54) is 64.2 Å². The molecule has 6 N–H and O–H groups in total. The molecule has 1 fully saturated rings. The van der Waals surface area contributed by atoms with E-state index in [2.05, 4.69) is 42.6 Å². The van der Waals surface area contributed by atoms with Gasteiger partial charge in [0.15, 0.2) is 6.29 Å². The van der Waals surface area contributed by atoms with Gasteiger partial charge in [0.2, 0.25) is 5.91 Å². The van der Waals surface area contributed by atoms with Crippen LogP contribution in [-0.2, 0) is 14.3 Å². The highest BCUT2D eigenvalue weighted by Crippen LogP contribution is 2.22. The molecule has 1 saturated heterocycles. The predicted octanol–water partition coefficient (Wildman–Crippen LogP) is 6.72. The number of ether oxygens (including phenoxy) is 2. The Morgan fingerprint density at radius 2 is 1.24 bits per heavy atom. The van der Waals surface area contributed by atoms with Gasteiger partial charge in [-0.25, -0.2) is 0 Å². The van der Waals surface area contributed by atoms with Crippen molar-refractivity contribution in [3.05, 3.63) is 48.6 Å². The predicted molar refractivity (Wildman–Crippen MR) is 198 cm³/mol. The van der Waals surface area contributed by atoms with Crippen LogP contribution in [0.15, 0.2) is 48.6 Å². The number of allylic oxidation sites excluding steroid dienone is 7. The molecule has 7 unspecified atom stereocenters. The van der Waals surface area contributed by atoms with Gasteiger partial charge in [-0.15, -0.1) is 0 Å². The van der Waals surface area contributed by atoms with E-state index in [1.807, 2.05) is 19.1 Å². The molecule has 49 heavy (non-hydrogen) atoms. The van der Waals surface area contributed by atoms with Gasteiger partial charge in [0, 0.05) is 6.42 Å². The smallest absolute Gasteiger partial charge is 0.220 e. The van der Waals surface area contributed by atoms with Crippen LogP contribution in [0.2, 0.25) is 0 Å². The summed E-state index contributed by atoms with van der Waals surface area (Å²) in [5.41, 5.74) is 0. The summed E-state index contributed by atoms with van der Waals surface area (Å²) in [7, 11) is 0. The van der Waals surface area contributed by atoms with Gasteiger partial charge >= 0.3 is 0 Å². The van der Waals surface area contributed by atoms with Gasteiger partial charge in [-0.05, 0) is 64.7 Å². The maximum absolute atomic E-state index is 12.8. The van der Waals surface area contributed by atoms with E-state index < -0.39 is 49.5 Å². The van der Waals surface area contributed by atoms with Crippen molar-refractivity contribution in [2.75, 3.05) is 13.2 Å². The van der Waals surface area contributed by atoms with Crippen LogP contribution in [0.1, 0.15) is 142 Å². The fraction of sp³-hybridized carbons (Fsp3) is 0.775. The summed E-state index contributed by atoms with van der Waals surface area (Å²) in [6.07, 6.45) is 30.4. The van der Waals surface area contributed by atoms with Gasteiger partial charge in [-0.1, -0.05) is 120 Å². The Bertz CT molecular complexity index is 905. The first-order valence-corrected chi connectivity index (χ1v) is 19.3. The number of nitrogens with one attached hydrogen (secondary N) is 1. The van der Waals surface area contributed by atoms with Gasteiger partial charge in [0.05, 0.1) is 25.4 Å². The number of carbonyl (C=O) groups excluding carboxylic acids is 1. The minimum atomic E-state index is -1.57. The molecule has 0 saturated carbocycles. The van der Waals surface area contributed by atoms with Gasteiger partial charge < -0.3 is 40.3 Å². The van der Waals surface area contributed by atoms with Crippen LogP contribution in [0.3, 0.4) is 0 Å². The van der Waals surface area contributed by atoms with Crippen LogP contribution in [0.4, 0.5) is 0 Å². The van der Waals surface area contributed by atoms with Gasteiger partial charge in [-0.2, -0.15) is 0 Å². The number of hydrogen-bond donors (Lipinski definition) is 6. The Morgan fingerprint density at radius 3 is 1.84 bits per heavy atom. The minimum Gasteiger partial charge on any atom is -0.394 e. The second kappa shape index (κ2) is 30.9. The fourth-order valence-corrected chi connectivity index (χ4v) is 5.78. The summed E-state index contributed by atoms with van der Waals surface area (Å²) in [4.78, 5) is 12.8. The molecule has 0 radical (unpaired) electrons. The molecule has 0 spiro atoms. The van der Waals surface area contributed by atoms with E-state index in [0.29, 0.717) is 6.42 Å². The third-order valence-electron chi connectivity index (χ3n) is 8.95. The van der Waals surface area contributed by atoms with Crippen molar-refractivity contribution in [3.8, 4) is 0 Å². The van der Waals surface area contributed by atoms with Gasteiger partial charge in [-0.3, -0.25) is 4.79 Å². The molecule has 0 aromatic carbocycles. The molecule has 9 nitrogen and oxygen atoms in total. The quantitative estimate of drug-likeness (QED) is 0.0359. The maximum atomic E-state index is 12.8. The Labute approximate surface area is 297 Å². The number of amides is 1. The molecule has 0 bridgehead atoms. The zero-order valence-electron chi connectivity index (χ0n) is 30.7. The second-order valence-corrected chi connectivity index (χ2v) is 13.4. The first kappa shape index (κ1) is 45.2. The van der Waals surface area contributed by atoms with E-state index in [0.717, 1.165) is 57.8 Å². The molecule has 0 aromatic rings. The Kier molecular flexibility index (Phi) is 28.5. The van der Waals surface area contributed by atoms with Crippen molar-refractivity contribution >= 4 is 5.91 Å². The monoisotopic (exact) mass is 694 g/mol. The summed E-state index contributed by atoms with van der Waals surface area (Å²) in [6.45, 7) is 3.48. The number of unbranched alkanes of at least 4 members (excludes halogenated alkanes) is 15. The van der Waals surface area contributed by atoms with Crippen molar-refractivity contribution in [2.45, 2.75) is 185 Å². The Hall–Kier alpha value is -1.85. The molecule has 1 aliphatic heterocycles. The molecule has 284 valence electrons. The van der Waals surface area contributed by atoms with Crippen LogP contribution in [0, 0.1) is 0 Å². The third-order valence-corrected chi connectivity index (χ3v) is 8.95. The highest BCUT2D eigenvalue weighted by Gasteiger charge is 2.44. The molecule has 7 atom stereocenters. The average Bonchev–Trinajstić information content (AvgIpc) is 3.10. The van der Waals surface area contributed by atoms with Gasteiger partial charge in [0.25, 0.3) is 0 Å². The lowest BCUT2D eigenvalue weighted by molar-refractivity contribution is -0.302. The second-order valence-electron chi connectivity index (χ2n) is 13.4. The SMILES string of the molecule is C/C=C/CC/C=C/CC/C=C/C(O)C(COC1OC(CO)C(O)C(O)C1O)NC(=O)CCCCCCCCC/C=C\CCCCCCCC. The van der Waals surface area contributed by atoms with Crippen LogP contribution >= 0.6 is 0 Å². The van der Waals surface area contributed by atoms with E-state index in [-0.39, 0.29) is 12.5 Å². The Morgan fingerprint density at radius 1 is 0.714 bits per heavy atom. The largest absolute Gasteiger partial charge is 0.394 e. The third kappa shape index (κ3) is 22.6. The van der Waals surface area contributed by atoms with E-state index in [9.17, 15) is 30.3 Å². The van der Waals surface area contributed by atoms with Gasteiger partial charge in [0.1, 0.15) is 24.4 Å². The van der Waals surface area contributed by atoms with Crippen molar-refractivity contribution < 1.29 is 39.8 Å². The number of aliphatic hydroxyl groups is 5. The molecular weight excluding hydrogens is 622 g/mol. The zero-order valence-corrected chi connectivity index (χ0v) is 30.7. The molecule has 1 aliphatic rings. The summed E-state index contributed by atoms with van der Waals surface area (Å²) < 4.78 is 11.1. The highest BCUT2D eigenvalue weighted by molar-refractivity contribution is 5.76. The Balaban J connectivity index is 2.41. The lowest BCUT2D eigenvalue weighted by atomic mass is 9.99. The van der Waals surface area contributed by atoms with E-state index in [1.54, 1.807) is 6.08 Å². The minimum absolute atomic E-state index is 0.202. The summed E-state index contributed by atoms with van der Waals surface area (Å²) in [6, 6.07) is -0.827. The summed E-state index contributed by atoms with van der Waals surface area (Å²) in [5, 5.41) is 53.7. The van der Waals surface area contributed by atoms with Crippen molar-refractivity contribution in [2.24, 2.45) is 0 Å². The molecule has 9 heteroatoms. The highest BCUT2D eigenvalue weighted by atomic mass is 16.7. The summed E-state index contributed by atoms with van der Waals surface area (Å²) >= 11 is 0. The molecule has 1 rings (SSSR count). The van der Waals surface area contributed by atoms with Crippen LogP contribution in [-0.4, -0.2) is 87.5 Å². The van der Waals surface area contributed by atoms with E-state index >= 15 is 0 Å². The fourth-order valence-electron chi connectivity index (χ4n) is 5.78. The molecule has 0 aliphatic carbocycles. The van der Waals surface area contributed by atoms with Crippen LogP contribution in [0.25, 0.3) is 0 Å². The number of carbonyl (C=O) groups is 1. The van der Waals surface area contributed by atoms with Crippen molar-refractivity contribution in [1.29, 1.82) is 0 Å². The summed E-state index contributed by atoms with van der Waals surface area (Å²) in [5.74, 6) is -0.202. The molecule has 1 amide bonds. The van der Waals surface area contributed by atoms with Crippen molar-refractivity contribution in [3.63, 3.8) is 0 Å². The zero-order chi connectivity index (χ0) is 36.0. The van der Waals surface area contributed by atoms with Crippen molar-refractivity contribution in [1.82, 2.24) is 5.32 Å². The molecule has 0 aromatic heterocycles. The normalized spacial score (nSPS) is 23.0. The lowest BCUT2D eigenvalue weighted by Crippen LogP contribution is -2.60. The topological polar surface area (TPSA) is 149 Å². The number of hydrogen-bond acceptors (Lipinski definition) is 8. The van der Waals surface area contributed by atoms with Crippen LogP contribution in [0.5, 0.6) is 0 Å². The number of rotatable bonds is 30. The van der Waals surface area contributed by atoms with Crippen LogP contribution < -0.4 is 5.32 Å². The maximum Gasteiger partial charge on any atom is 0.220 e. The lowest BCUT2D eigenvalue weighted by Gasteiger charge is -2.40. The van der Waals surface area contributed by atoms with E-state index in [4.69, 9.17) is 9.47 Å².